The second-order valence-electron chi connectivity index (χ2n) is 6.11. The van der Waals surface area contributed by atoms with E-state index in [0.29, 0.717) is 5.92 Å². The van der Waals surface area contributed by atoms with Crippen LogP contribution in [0.1, 0.15) is 51.5 Å². The minimum atomic E-state index is 0.426. The Kier molecular flexibility index (Phi) is 6.87. The fourth-order valence-corrected chi connectivity index (χ4v) is 2.72. The van der Waals surface area contributed by atoms with Gasteiger partial charge in [-0.05, 0) is 42.4 Å². The molecule has 2 aromatic rings. The van der Waals surface area contributed by atoms with Gasteiger partial charge < -0.3 is 0 Å². The van der Waals surface area contributed by atoms with Crippen molar-refractivity contribution in [3.05, 3.63) is 84.0 Å². The van der Waals surface area contributed by atoms with E-state index in [9.17, 15) is 0 Å². The van der Waals surface area contributed by atoms with Gasteiger partial charge in [0, 0.05) is 0 Å². The van der Waals surface area contributed by atoms with Crippen molar-refractivity contribution >= 4 is 0 Å². The molecule has 0 heterocycles. The van der Waals surface area contributed by atoms with Crippen LogP contribution in [-0.4, -0.2) is 0 Å². The quantitative estimate of drug-likeness (QED) is 0.476. The molecule has 23 heavy (non-hydrogen) atoms. The summed E-state index contributed by atoms with van der Waals surface area (Å²) in [7, 11) is 0. The van der Waals surface area contributed by atoms with E-state index >= 15 is 0 Å². The van der Waals surface area contributed by atoms with Crippen LogP contribution in [0.25, 0.3) is 11.1 Å². The average Bonchev–Trinajstić information content (AvgIpc) is 2.62. The lowest BCUT2D eigenvalue weighted by molar-refractivity contribution is 0.795. The molecule has 1 unspecified atom stereocenters. The number of unbranched alkanes of at least 4 members (excludes halogenated alkanes) is 1. The fraction of sp³-hybridized carbons (Fsp3) is 0.304. The van der Waals surface area contributed by atoms with Crippen LogP contribution >= 0.6 is 0 Å². The molecule has 0 N–H and O–H groups in total. The molecule has 0 nitrogen and oxygen atoms in total. The van der Waals surface area contributed by atoms with E-state index < -0.39 is 0 Å². The molecule has 120 valence electrons. The Bertz CT molecular complexity index is 647. The molecule has 0 fully saturated rings. The Balaban J connectivity index is 2.12. The van der Waals surface area contributed by atoms with E-state index in [2.05, 4.69) is 93.6 Å². The van der Waals surface area contributed by atoms with Crippen LogP contribution in [0.15, 0.2) is 78.4 Å². The highest BCUT2D eigenvalue weighted by Gasteiger charge is 2.04. The molecule has 0 saturated carbocycles. The topological polar surface area (TPSA) is 0 Å². The summed E-state index contributed by atoms with van der Waals surface area (Å²) in [6.07, 6.45) is 10.6. The lowest BCUT2D eigenvalue weighted by Crippen LogP contribution is -1.90. The van der Waals surface area contributed by atoms with Crippen LogP contribution in [0.5, 0.6) is 0 Å². The molecule has 0 aliphatic rings. The minimum absolute atomic E-state index is 0.426. The summed E-state index contributed by atoms with van der Waals surface area (Å²) in [5.41, 5.74) is 5.38. The van der Waals surface area contributed by atoms with Gasteiger partial charge in [-0.15, -0.1) is 0 Å². The van der Waals surface area contributed by atoms with E-state index in [1.165, 1.54) is 41.5 Å². The van der Waals surface area contributed by atoms with E-state index in [1.807, 2.05) is 0 Å². The highest BCUT2D eigenvalue weighted by Crippen LogP contribution is 2.25. The standard InChI is InChI=1S/C23H28/c1-4-6-11-20(5-2)17-16-19(3)22-14-10-15-23(18-22)21-12-8-7-9-13-21/h5,7-10,12-19H,4,6,11H2,1-3H3/b17-16-,20-5-. The second kappa shape index (κ2) is 9.15. The van der Waals surface area contributed by atoms with Crippen molar-refractivity contribution in [1.29, 1.82) is 0 Å². The zero-order chi connectivity index (χ0) is 16.5. The van der Waals surface area contributed by atoms with Gasteiger partial charge in [0.2, 0.25) is 0 Å². The molecule has 0 aliphatic carbocycles. The minimum Gasteiger partial charge on any atom is -0.0845 e. The number of hydrogen-bond donors (Lipinski definition) is 0. The second-order valence-corrected chi connectivity index (χ2v) is 6.11. The Morgan fingerprint density at radius 2 is 1.74 bits per heavy atom. The molecule has 0 aliphatic heterocycles. The predicted molar refractivity (Wildman–Crippen MR) is 103 cm³/mol. The molecule has 0 spiro atoms. The number of hydrogen-bond acceptors (Lipinski definition) is 0. The van der Waals surface area contributed by atoms with E-state index in [-0.39, 0.29) is 0 Å². The van der Waals surface area contributed by atoms with Gasteiger partial charge in [-0.1, -0.05) is 98.7 Å². The van der Waals surface area contributed by atoms with Crippen molar-refractivity contribution in [2.75, 3.05) is 0 Å². The zero-order valence-corrected chi connectivity index (χ0v) is 14.6. The first kappa shape index (κ1) is 17.3. The number of benzene rings is 2. The summed E-state index contributed by atoms with van der Waals surface area (Å²) >= 11 is 0. The maximum absolute atomic E-state index is 2.33. The molecule has 1 atom stereocenters. The maximum Gasteiger partial charge on any atom is -0.000700 e. The maximum atomic E-state index is 2.33. The summed E-state index contributed by atoms with van der Waals surface area (Å²) in [5, 5.41) is 0. The van der Waals surface area contributed by atoms with Crippen molar-refractivity contribution in [1.82, 2.24) is 0 Å². The van der Waals surface area contributed by atoms with Crippen molar-refractivity contribution in [2.45, 2.75) is 46.0 Å². The first-order chi connectivity index (χ1) is 11.2. The summed E-state index contributed by atoms with van der Waals surface area (Å²) < 4.78 is 0. The SMILES string of the molecule is C/C=C(\C=C/C(C)c1cccc(-c2ccccc2)c1)CCCC. The molecule has 2 aromatic carbocycles. The number of rotatable bonds is 7. The van der Waals surface area contributed by atoms with Crippen molar-refractivity contribution in [2.24, 2.45) is 0 Å². The molecule has 0 bridgehead atoms. The highest BCUT2D eigenvalue weighted by atomic mass is 14.1. The van der Waals surface area contributed by atoms with E-state index in [1.54, 1.807) is 0 Å². The summed E-state index contributed by atoms with van der Waals surface area (Å²) in [5.74, 6) is 0.426. The van der Waals surface area contributed by atoms with E-state index in [0.717, 1.165) is 0 Å². The van der Waals surface area contributed by atoms with Crippen molar-refractivity contribution in [3.8, 4) is 11.1 Å². The first-order valence-electron chi connectivity index (χ1n) is 8.73. The predicted octanol–water partition coefficient (Wildman–Crippen LogP) is 7.15. The Hall–Kier alpha value is -2.08. The van der Waals surface area contributed by atoms with Crippen molar-refractivity contribution < 1.29 is 0 Å². The Morgan fingerprint density at radius 1 is 1.00 bits per heavy atom. The van der Waals surface area contributed by atoms with Gasteiger partial charge in [0.25, 0.3) is 0 Å². The number of allylic oxidation sites excluding steroid dienone is 4. The van der Waals surface area contributed by atoms with Crippen LogP contribution < -0.4 is 0 Å². The average molecular weight is 304 g/mol. The van der Waals surface area contributed by atoms with Crippen molar-refractivity contribution in [3.63, 3.8) is 0 Å². The third-order valence-electron chi connectivity index (χ3n) is 4.31. The van der Waals surface area contributed by atoms with Crippen LogP contribution in [0.2, 0.25) is 0 Å². The molecule has 0 saturated heterocycles. The van der Waals surface area contributed by atoms with Gasteiger partial charge in [0.05, 0.1) is 0 Å². The first-order valence-corrected chi connectivity index (χ1v) is 8.73. The van der Waals surface area contributed by atoms with Gasteiger partial charge in [-0.2, -0.15) is 0 Å². The Morgan fingerprint density at radius 3 is 2.43 bits per heavy atom. The van der Waals surface area contributed by atoms with Gasteiger partial charge in [-0.25, -0.2) is 0 Å². The third kappa shape index (κ3) is 5.25. The highest BCUT2D eigenvalue weighted by molar-refractivity contribution is 5.64. The summed E-state index contributed by atoms with van der Waals surface area (Å²) in [6.45, 7) is 6.65. The fourth-order valence-electron chi connectivity index (χ4n) is 2.72. The zero-order valence-electron chi connectivity index (χ0n) is 14.6. The van der Waals surface area contributed by atoms with Gasteiger partial charge in [0.1, 0.15) is 0 Å². The van der Waals surface area contributed by atoms with Gasteiger partial charge in [-0.3, -0.25) is 0 Å². The molecule has 0 aromatic heterocycles. The molecule has 0 amide bonds. The smallest absolute Gasteiger partial charge is 0.000700 e. The molecular weight excluding hydrogens is 276 g/mol. The normalized spacial score (nSPS) is 13.4. The molecule has 2 rings (SSSR count). The Labute approximate surface area is 141 Å². The van der Waals surface area contributed by atoms with Crippen LogP contribution in [-0.2, 0) is 0 Å². The summed E-state index contributed by atoms with van der Waals surface area (Å²) in [4.78, 5) is 0. The third-order valence-corrected chi connectivity index (χ3v) is 4.31. The monoisotopic (exact) mass is 304 g/mol. The van der Waals surface area contributed by atoms with Crippen LogP contribution in [0.4, 0.5) is 0 Å². The summed E-state index contributed by atoms with van der Waals surface area (Å²) in [6, 6.07) is 19.5. The molecule has 0 radical (unpaired) electrons. The van der Waals surface area contributed by atoms with Crippen LogP contribution in [0, 0.1) is 0 Å². The van der Waals surface area contributed by atoms with E-state index in [4.69, 9.17) is 0 Å². The van der Waals surface area contributed by atoms with Gasteiger partial charge >= 0.3 is 0 Å². The van der Waals surface area contributed by atoms with Gasteiger partial charge in [0.15, 0.2) is 0 Å². The molecule has 0 heteroatoms. The van der Waals surface area contributed by atoms with Crippen LogP contribution in [0.3, 0.4) is 0 Å². The largest absolute Gasteiger partial charge is 0.0845 e. The lowest BCUT2D eigenvalue weighted by Gasteiger charge is -2.10. The molecular formula is C23H28. The lowest BCUT2D eigenvalue weighted by atomic mass is 9.95.